The molecule has 0 unspecified atom stereocenters. The van der Waals surface area contributed by atoms with Crippen molar-refractivity contribution in [1.29, 1.82) is 0 Å². The fourth-order valence-electron chi connectivity index (χ4n) is 1.75. The Morgan fingerprint density at radius 3 is 2.70 bits per heavy atom. The van der Waals surface area contributed by atoms with Gasteiger partial charge in [-0.15, -0.1) is 0 Å². The lowest BCUT2D eigenvalue weighted by atomic mass is 10.4. The van der Waals surface area contributed by atoms with E-state index in [1.807, 2.05) is 38.4 Å². The Kier molecular flexibility index (Phi) is 4.49. The number of nitrogens with zero attached hydrogens (tertiary/aromatic N) is 5. The third kappa shape index (κ3) is 3.23. The Bertz CT molecular complexity index is 566. The van der Waals surface area contributed by atoms with Gasteiger partial charge in [0, 0.05) is 19.3 Å². The van der Waals surface area contributed by atoms with Crippen LogP contribution in [-0.2, 0) is 6.54 Å². The molecular weight excluding hydrogens is 256 g/mol. The Hall–Kier alpha value is -2.18. The van der Waals surface area contributed by atoms with E-state index in [1.165, 1.54) is 0 Å². The van der Waals surface area contributed by atoms with E-state index >= 15 is 0 Å². The van der Waals surface area contributed by atoms with Gasteiger partial charge in [0.15, 0.2) is 5.82 Å². The lowest BCUT2D eigenvalue weighted by molar-refractivity contribution is 0.222. The lowest BCUT2D eigenvalue weighted by Gasteiger charge is -2.11. The van der Waals surface area contributed by atoms with E-state index in [4.69, 9.17) is 4.74 Å². The van der Waals surface area contributed by atoms with Crippen LogP contribution in [0.15, 0.2) is 12.3 Å². The molecule has 0 radical (unpaired) electrons. The van der Waals surface area contributed by atoms with Gasteiger partial charge < -0.3 is 10.1 Å². The molecule has 2 heterocycles. The minimum absolute atomic E-state index is 0.0100. The molecule has 7 nitrogen and oxygen atoms in total. The largest absolute Gasteiger partial charge is 0.461 e. The molecule has 20 heavy (non-hydrogen) atoms. The molecule has 7 heteroatoms. The average molecular weight is 276 g/mol. The van der Waals surface area contributed by atoms with Gasteiger partial charge in [0.1, 0.15) is 5.69 Å². The van der Waals surface area contributed by atoms with Gasteiger partial charge in [-0.1, -0.05) is 0 Å². The Morgan fingerprint density at radius 2 is 2.05 bits per heavy atom. The quantitative estimate of drug-likeness (QED) is 0.869. The molecule has 0 fully saturated rings. The smallest absolute Gasteiger partial charge is 0.322 e. The minimum atomic E-state index is 0.0100. The zero-order valence-electron chi connectivity index (χ0n) is 12.3. The molecule has 0 amide bonds. The predicted molar refractivity (Wildman–Crippen MR) is 76.6 cm³/mol. The number of ether oxygens (including phenoxy) is 1. The van der Waals surface area contributed by atoms with Gasteiger partial charge in [-0.2, -0.15) is 20.1 Å². The summed E-state index contributed by atoms with van der Waals surface area (Å²) in [4.78, 5) is 13.0. The van der Waals surface area contributed by atoms with Crippen molar-refractivity contribution in [2.24, 2.45) is 0 Å². The summed E-state index contributed by atoms with van der Waals surface area (Å²) in [6.07, 6.45) is 1.74. The normalized spacial score (nSPS) is 10.8. The van der Waals surface area contributed by atoms with Crippen LogP contribution in [0.2, 0.25) is 0 Å². The molecule has 0 aromatic carbocycles. The molecule has 2 rings (SSSR count). The van der Waals surface area contributed by atoms with Crippen LogP contribution in [0.3, 0.4) is 0 Å². The molecular formula is C13H20N6O. The molecule has 2 aromatic heterocycles. The lowest BCUT2D eigenvalue weighted by Crippen LogP contribution is -2.13. The second kappa shape index (κ2) is 6.31. The predicted octanol–water partition coefficient (Wildman–Crippen LogP) is 1.97. The van der Waals surface area contributed by atoms with E-state index in [2.05, 4.69) is 25.4 Å². The first kappa shape index (κ1) is 14.2. The summed E-state index contributed by atoms with van der Waals surface area (Å²) in [7, 11) is 0. The summed E-state index contributed by atoms with van der Waals surface area (Å²) in [5, 5.41) is 7.32. The Balaban J connectivity index is 2.43. The number of hydrogen-bond acceptors (Lipinski definition) is 6. The maximum absolute atomic E-state index is 5.58. The monoisotopic (exact) mass is 276 g/mol. The van der Waals surface area contributed by atoms with Crippen molar-refractivity contribution in [3.05, 3.63) is 12.3 Å². The molecule has 0 aliphatic carbocycles. The summed E-state index contributed by atoms with van der Waals surface area (Å²) in [6.45, 7) is 9.37. The van der Waals surface area contributed by atoms with Gasteiger partial charge in [-0.25, -0.2) is 0 Å². The molecule has 0 spiro atoms. The van der Waals surface area contributed by atoms with E-state index in [0.29, 0.717) is 17.8 Å². The van der Waals surface area contributed by atoms with Crippen molar-refractivity contribution in [3.8, 4) is 17.5 Å². The second-order valence-electron chi connectivity index (χ2n) is 4.49. The van der Waals surface area contributed by atoms with Crippen LogP contribution in [0.5, 0.6) is 6.01 Å². The fourth-order valence-corrected chi connectivity index (χ4v) is 1.75. The van der Waals surface area contributed by atoms with Crippen molar-refractivity contribution in [2.75, 3.05) is 11.9 Å². The van der Waals surface area contributed by atoms with Crippen molar-refractivity contribution in [3.63, 3.8) is 0 Å². The van der Waals surface area contributed by atoms with Gasteiger partial charge in [-0.05, 0) is 33.8 Å². The Morgan fingerprint density at radius 1 is 1.25 bits per heavy atom. The highest BCUT2D eigenvalue weighted by Gasteiger charge is 2.13. The highest BCUT2D eigenvalue weighted by molar-refractivity contribution is 5.51. The number of aryl methyl sites for hydroxylation is 1. The summed E-state index contributed by atoms with van der Waals surface area (Å²) in [6, 6.07) is 2.21. The van der Waals surface area contributed by atoms with Gasteiger partial charge in [0.25, 0.3) is 0 Å². The maximum Gasteiger partial charge on any atom is 0.322 e. The topological polar surface area (TPSA) is 77.8 Å². The summed E-state index contributed by atoms with van der Waals surface area (Å²) in [5.41, 5.74) is 0.850. The average Bonchev–Trinajstić information content (AvgIpc) is 2.86. The van der Waals surface area contributed by atoms with E-state index < -0.39 is 0 Å². The van der Waals surface area contributed by atoms with Gasteiger partial charge >= 0.3 is 6.01 Å². The maximum atomic E-state index is 5.58. The van der Waals surface area contributed by atoms with Gasteiger partial charge in [-0.3, -0.25) is 4.68 Å². The molecule has 0 aliphatic rings. The standard InChI is InChI=1S/C13H20N6O/c1-5-14-12-16-11(10-7-8-15-19(10)6-2)17-13(18-12)20-9(3)4/h7-9H,5-6H2,1-4H3,(H,14,16,17,18). The third-order valence-corrected chi connectivity index (χ3v) is 2.54. The molecule has 0 aliphatic heterocycles. The first-order chi connectivity index (χ1) is 9.63. The molecule has 0 saturated carbocycles. The number of nitrogens with one attached hydrogen (secondary N) is 1. The van der Waals surface area contributed by atoms with Crippen LogP contribution in [0, 0.1) is 0 Å². The number of rotatable bonds is 6. The first-order valence-corrected chi connectivity index (χ1v) is 6.82. The van der Waals surface area contributed by atoms with Crippen molar-refractivity contribution in [2.45, 2.75) is 40.3 Å². The number of hydrogen-bond donors (Lipinski definition) is 1. The van der Waals surface area contributed by atoms with E-state index in [-0.39, 0.29) is 6.10 Å². The van der Waals surface area contributed by atoms with Crippen LogP contribution in [0.25, 0.3) is 11.5 Å². The third-order valence-electron chi connectivity index (χ3n) is 2.54. The molecule has 0 saturated heterocycles. The SMILES string of the molecule is CCNc1nc(OC(C)C)nc(-c2ccnn2CC)n1. The molecule has 2 aromatic rings. The summed E-state index contributed by atoms with van der Waals surface area (Å²) < 4.78 is 7.42. The first-order valence-electron chi connectivity index (χ1n) is 6.82. The van der Waals surface area contributed by atoms with E-state index in [0.717, 1.165) is 18.8 Å². The van der Waals surface area contributed by atoms with Crippen LogP contribution in [-0.4, -0.2) is 37.4 Å². The van der Waals surface area contributed by atoms with Crippen LogP contribution in [0.4, 0.5) is 5.95 Å². The zero-order chi connectivity index (χ0) is 14.5. The van der Waals surface area contributed by atoms with E-state index in [1.54, 1.807) is 6.20 Å². The van der Waals surface area contributed by atoms with Crippen molar-refractivity contribution < 1.29 is 4.74 Å². The molecule has 0 atom stereocenters. The van der Waals surface area contributed by atoms with Gasteiger partial charge in [0.05, 0.1) is 6.10 Å². The number of aromatic nitrogens is 5. The van der Waals surface area contributed by atoms with Crippen molar-refractivity contribution >= 4 is 5.95 Å². The van der Waals surface area contributed by atoms with Crippen LogP contribution >= 0.6 is 0 Å². The summed E-state index contributed by atoms with van der Waals surface area (Å²) in [5.74, 6) is 1.07. The molecule has 108 valence electrons. The zero-order valence-corrected chi connectivity index (χ0v) is 12.3. The Labute approximate surface area is 118 Å². The fraction of sp³-hybridized carbons (Fsp3) is 0.538. The van der Waals surface area contributed by atoms with Crippen molar-refractivity contribution in [1.82, 2.24) is 24.7 Å². The molecule has 0 bridgehead atoms. The van der Waals surface area contributed by atoms with E-state index in [9.17, 15) is 0 Å². The summed E-state index contributed by atoms with van der Waals surface area (Å²) >= 11 is 0. The van der Waals surface area contributed by atoms with Crippen LogP contribution < -0.4 is 10.1 Å². The van der Waals surface area contributed by atoms with Gasteiger partial charge in [0.2, 0.25) is 5.95 Å². The highest BCUT2D eigenvalue weighted by atomic mass is 16.5. The second-order valence-corrected chi connectivity index (χ2v) is 4.49. The highest BCUT2D eigenvalue weighted by Crippen LogP contribution is 2.19. The number of anilines is 1. The minimum Gasteiger partial charge on any atom is -0.461 e. The molecule has 1 N–H and O–H groups in total. The van der Waals surface area contributed by atoms with Crippen LogP contribution in [0.1, 0.15) is 27.7 Å².